The molecule has 0 radical (unpaired) electrons. The molecular formula is C12H22N2O3S. The Bertz CT molecular complexity index is 421. The first-order valence-electron chi connectivity index (χ1n) is 6.67. The Morgan fingerprint density at radius 1 is 1.22 bits per heavy atom. The van der Waals surface area contributed by atoms with Gasteiger partial charge >= 0.3 is 0 Å². The number of rotatable bonds is 1. The maximum atomic E-state index is 12.2. The van der Waals surface area contributed by atoms with Gasteiger partial charge in [-0.05, 0) is 25.9 Å². The van der Waals surface area contributed by atoms with E-state index in [9.17, 15) is 13.2 Å². The number of hydrogen-bond donors (Lipinski definition) is 0. The lowest BCUT2D eigenvalue weighted by Crippen LogP contribution is -2.56. The highest BCUT2D eigenvalue weighted by atomic mass is 32.2. The highest BCUT2D eigenvalue weighted by molar-refractivity contribution is 7.92. The molecule has 0 aromatic carbocycles. The molecule has 0 spiro atoms. The molecule has 2 heterocycles. The van der Waals surface area contributed by atoms with Crippen molar-refractivity contribution >= 4 is 15.7 Å². The van der Waals surface area contributed by atoms with Gasteiger partial charge in [-0.2, -0.15) is 0 Å². The zero-order valence-corrected chi connectivity index (χ0v) is 11.9. The summed E-state index contributed by atoms with van der Waals surface area (Å²) in [5, 5.41) is -0.355. The second kappa shape index (κ2) is 5.17. The second-order valence-electron chi connectivity index (χ2n) is 5.20. The first-order chi connectivity index (χ1) is 8.45. The van der Waals surface area contributed by atoms with Gasteiger partial charge in [0, 0.05) is 26.1 Å². The van der Waals surface area contributed by atoms with Crippen LogP contribution in [-0.4, -0.2) is 67.3 Å². The molecule has 0 unspecified atom stereocenters. The van der Waals surface area contributed by atoms with Gasteiger partial charge in [-0.25, -0.2) is 8.42 Å². The highest BCUT2D eigenvalue weighted by Crippen LogP contribution is 2.27. The number of fused-ring (bicyclic) bond motifs is 1. The molecule has 18 heavy (non-hydrogen) atoms. The molecule has 1 amide bonds. The molecule has 0 N–H and O–H groups in total. The molecule has 6 heteroatoms. The standard InChI is InChI=1S/C12H22N2O3S/c1-3-13-6-4-11-12(5-7-13)18(16,17)9-8-14(11)10(2)15/h11-12H,3-9H2,1-2H3/t11-,12+/m0/s1. The Balaban J connectivity index is 2.25. The van der Waals surface area contributed by atoms with Crippen LogP contribution in [0.3, 0.4) is 0 Å². The number of sulfone groups is 1. The minimum atomic E-state index is -3.03. The molecule has 2 rings (SSSR count). The largest absolute Gasteiger partial charge is 0.338 e. The van der Waals surface area contributed by atoms with E-state index >= 15 is 0 Å². The van der Waals surface area contributed by atoms with Gasteiger partial charge in [-0.3, -0.25) is 4.79 Å². The van der Waals surface area contributed by atoms with E-state index in [0.29, 0.717) is 13.0 Å². The summed E-state index contributed by atoms with van der Waals surface area (Å²) in [4.78, 5) is 15.7. The summed E-state index contributed by atoms with van der Waals surface area (Å²) >= 11 is 0. The van der Waals surface area contributed by atoms with Crippen molar-refractivity contribution in [1.29, 1.82) is 0 Å². The number of carbonyl (C=O) groups is 1. The van der Waals surface area contributed by atoms with Crippen molar-refractivity contribution in [3.63, 3.8) is 0 Å². The van der Waals surface area contributed by atoms with Crippen LogP contribution in [0.25, 0.3) is 0 Å². The van der Waals surface area contributed by atoms with Crippen molar-refractivity contribution in [3.8, 4) is 0 Å². The Labute approximate surface area is 109 Å². The van der Waals surface area contributed by atoms with Gasteiger partial charge in [0.2, 0.25) is 5.91 Å². The van der Waals surface area contributed by atoms with Gasteiger partial charge in [0.05, 0.1) is 11.0 Å². The Morgan fingerprint density at radius 2 is 1.89 bits per heavy atom. The third kappa shape index (κ3) is 2.54. The summed E-state index contributed by atoms with van der Waals surface area (Å²) in [5.41, 5.74) is 0. The zero-order chi connectivity index (χ0) is 13.3. The number of likely N-dealkylation sites (tertiary alicyclic amines) is 1. The molecule has 0 aromatic rings. The summed E-state index contributed by atoms with van der Waals surface area (Å²) in [5.74, 6) is 0.129. The predicted octanol–water partition coefficient (Wildman–Crippen LogP) is 0.116. The monoisotopic (exact) mass is 274 g/mol. The molecule has 0 saturated carbocycles. The van der Waals surface area contributed by atoms with Gasteiger partial charge in [0.25, 0.3) is 0 Å². The van der Waals surface area contributed by atoms with Crippen molar-refractivity contribution in [1.82, 2.24) is 9.80 Å². The number of amides is 1. The van der Waals surface area contributed by atoms with E-state index in [-0.39, 0.29) is 23.0 Å². The lowest BCUT2D eigenvalue weighted by molar-refractivity contribution is -0.131. The molecule has 2 aliphatic heterocycles. The maximum absolute atomic E-state index is 12.2. The average Bonchev–Trinajstić information content (AvgIpc) is 2.51. The summed E-state index contributed by atoms with van der Waals surface area (Å²) in [6, 6.07) is -0.113. The molecule has 5 nitrogen and oxygen atoms in total. The Hall–Kier alpha value is -0.620. The fraction of sp³-hybridized carbons (Fsp3) is 0.917. The van der Waals surface area contributed by atoms with Crippen LogP contribution in [-0.2, 0) is 14.6 Å². The van der Waals surface area contributed by atoms with Crippen LogP contribution < -0.4 is 0 Å². The smallest absolute Gasteiger partial charge is 0.219 e. The normalized spacial score (nSPS) is 32.7. The molecule has 104 valence electrons. The van der Waals surface area contributed by atoms with E-state index in [2.05, 4.69) is 11.8 Å². The van der Waals surface area contributed by atoms with E-state index in [1.54, 1.807) is 4.90 Å². The molecule has 2 fully saturated rings. The van der Waals surface area contributed by atoms with Crippen LogP contribution in [0.4, 0.5) is 0 Å². The summed E-state index contributed by atoms with van der Waals surface area (Å²) in [6.07, 6.45) is 1.43. The highest BCUT2D eigenvalue weighted by Gasteiger charge is 2.43. The predicted molar refractivity (Wildman–Crippen MR) is 70.1 cm³/mol. The molecular weight excluding hydrogens is 252 g/mol. The van der Waals surface area contributed by atoms with Crippen LogP contribution in [0, 0.1) is 0 Å². The first-order valence-corrected chi connectivity index (χ1v) is 8.38. The molecule has 2 saturated heterocycles. The van der Waals surface area contributed by atoms with Gasteiger partial charge in [0.1, 0.15) is 0 Å². The SMILES string of the molecule is CCN1CC[C@@H]2[C@H](CC1)N(C(C)=O)CCS2(=O)=O. The summed E-state index contributed by atoms with van der Waals surface area (Å²) in [7, 11) is -3.03. The third-order valence-corrected chi connectivity index (χ3v) is 6.45. The first kappa shape index (κ1) is 13.8. The molecule has 2 aliphatic rings. The summed E-state index contributed by atoms with van der Waals surface area (Å²) in [6.45, 7) is 6.65. The van der Waals surface area contributed by atoms with Crippen LogP contribution in [0.15, 0.2) is 0 Å². The van der Waals surface area contributed by atoms with Crippen molar-refractivity contribution in [2.75, 3.05) is 31.9 Å². The van der Waals surface area contributed by atoms with E-state index in [1.807, 2.05) is 0 Å². The fourth-order valence-electron chi connectivity index (χ4n) is 3.14. The van der Waals surface area contributed by atoms with Crippen molar-refractivity contribution in [2.45, 2.75) is 38.0 Å². The van der Waals surface area contributed by atoms with Crippen LogP contribution in [0.5, 0.6) is 0 Å². The van der Waals surface area contributed by atoms with Gasteiger partial charge in [-0.15, -0.1) is 0 Å². The van der Waals surface area contributed by atoms with Crippen LogP contribution in [0.2, 0.25) is 0 Å². The Morgan fingerprint density at radius 3 is 2.50 bits per heavy atom. The maximum Gasteiger partial charge on any atom is 0.219 e. The average molecular weight is 274 g/mol. The minimum absolute atomic E-state index is 0.00449. The number of hydrogen-bond acceptors (Lipinski definition) is 4. The summed E-state index contributed by atoms with van der Waals surface area (Å²) < 4.78 is 24.4. The van der Waals surface area contributed by atoms with E-state index < -0.39 is 9.84 Å². The lowest BCUT2D eigenvalue weighted by Gasteiger charge is -2.39. The van der Waals surface area contributed by atoms with E-state index in [1.165, 1.54) is 6.92 Å². The quantitative estimate of drug-likeness (QED) is 0.681. The van der Waals surface area contributed by atoms with E-state index in [0.717, 1.165) is 26.1 Å². The number of carbonyl (C=O) groups excluding carboxylic acids is 1. The van der Waals surface area contributed by atoms with Crippen LogP contribution >= 0.6 is 0 Å². The minimum Gasteiger partial charge on any atom is -0.338 e. The van der Waals surface area contributed by atoms with Gasteiger partial charge < -0.3 is 9.80 Å². The van der Waals surface area contributed by atoms with Crippen LogP contribution in [0.1, 0.15) is 26.7 Å². The zero-order valence-electron chi connectivity index (χ0n) is 11.1. The lowest BCUT2D eigenvalue weighted by atomic mass is 10.1. The second-order valence-corrected chi connectivity index (χ2v) is 7.54. The Kier molecular flexibility index (Phi) is 3.96. The number of nitrogens with zero attached hydrogens (tertiary/aromatic N) is 2. The van der Waals surface area contributed by atoms with Crippen molar-refractivity contribution in [3.05, 3.63) is 0 Å². The molecule has 0 bridgehead atoms. The van der Waals surface area contributed by atoms with Gasteiger partial charge in [-0.1, -0.05) is 6.92 Å². The fourth-order valence-corrected chi connectivity index (χ4v) is 5.12. The topological polar surface area (TPSA) is 57.7 Å². The third-order valence-electron chi connectivity index (χ3n) is 4.23. The molecule has 0 aromatic heterocycles. The van der Waals surface area contributed by atoms with Crippen molar-refractivity contribution in [2.24, 2.45) is 0 Å². The van der Waals surface area contributed by atoms with Crippen molar-refractivity contribution < 1.29 is 13.2 Å². The van der Waals surface area contributed by atoms with E-state index in [4.69, 9.17) is 0 Å². The molecule has 0 aliphatic carbocycles. The molecule has 2 atom stereocenters. The van der Waals surface area contributed by atoms with Gasteiger partial charge in [0.15, 0.2) is 9.84 Å².